The fraction of sp³-hybridized carbons (Fsp3) is 0.689. The molecule has 6 aliphatic rings. The van der Waals surface area contributed by atoms with Gasteiger partial charge in [-0.15, -0.1) is 5.73 Å². The summed E-state index contributed by atoms with van der Waals surface area (Å²) in [6, 6.07) is 0.466. The van der Waals surface area contributed by atoms with Crippen molar-refractivity contribution in [2.75, 3.05) is 66.7 Å². The van der Waals surface area contributed by atoms with E-state index < -0.39 is 0 Å². The monoisotopic (exact) mass is 718 g/mol. The zero-order valence-corrected chi connectivity index (χ0v) is 33.0. The molecule has 3 aliphatic carbocycles. The molecular formula is C45H75N5O2. The molecule has 292 valence electrons. The maximum absolute atomic E-state index is 14.6. The number of nitrogens with zero attached hydrogens (tertiary/aromatic N) is 4. The predicted molar refractivity (Wildman–Crippen MR) is 220 cm³/mol. The van der Waals surface area contributed by atoms with Gasteiger partial charge in [-0.25, -0.2) is 0 Å². The summed E-state index contributed by atoms with van der Waals surface area (Å²) in [7, 11) is 4.06. The minimum Gasteiger partial charge on any atom is -0.399 e. The van der Waals surface area contributed by atoms with E-state index >= 15 is 0 Å². The summed E-state index contributed by atoms with van der Waals surface area (Å²) in [5.74, 6) is 3.65. The molecule has 4 fully saturated rings. The lowest BCUT2D eigenvalue weighted by atomic mass is 9.78. The van der Waals surface area contributed by atoms with Crippen molar-refractivity contribution >= 4 is 5.91 Å². The lowest BCUT2D eigenvalue weighted by Crippen LogP contribution is -2.46. The van der Waals surface area contributed by atoms with Crippen LogP contribution in [0.3, 0.4) is 0 Å². The second-order valence-electron chi connectivity index (χ2n) is 16.8. The molecule has 1 saturated carbocycles. The molecule has 0 aromatic rings. The smallest absolute Gasteiger partial charge is 0.226 e. The molecule has 52 heavy (non-hydrogen) atoms. The Morgan fingerprint density at radius 1 is 1.04 bits per heavy atom. The number of carbonyl (C=O) groups is 1. The Kier molecular flexibility index (Phi) is 13.8. The Balaban J connectivity index is 0.00000271. The van der Waals surface area contributed by atoms with E-state index in [1.165, 1.54) is 49.1 Å². The molecule has 0 aromatic heterocycles. The van der Waals surface area contributed by atoms with Crippen molar-refractivity contribution < 1.29 is 13.8 Å². The van der Waals surface area contributed by atoms with E-state index in [1.807, 2.05) is 7.11 Å². The lowest BCUT2D eigenvalue weighted by Gasteiger charge is -2.41. The van der Waals surface area contributed by atoms with Gasteiger partial charge in [0, 0.05) is 68.2 Å². The number of piperidine rings is 3. The number of allylic oxidation sites excluding steroid dienone is 9. The first-order valence-electron chi connectivity index (χ1n) is 20.9. The van der Waals surface area contributed by atoms with Crippen molar-refractivity contribution in [1.82, 2.24) is 19.6 Å². The molecule has 0 spiro atoms. The Bertz CT molecular complexity index is 1440. The van der Waals surface area contributed by atoms with Gasteiger partial charge >= 0.3 is 0 Å². The van der Waals surface area contributed by atoms with E-state index in [4.69, 9.17) is 10.5 Å². The van der Waals surface area contributed by atoms with Crippen LogP contribution in [0, 0.1) is 35.5 Å². The van der Waals surface area contributed by atoms with Crippen LogP contribution in [0.2, 0.25) is 0 Å². The van der Waals surface area contributed by atoms with Gasteiger partial charge in [0.05, 0.1) is 12.4 Å². The van der Waals surface area contributed by atoms with Gasteiger partial charge in [0.1, 0.15) is 0 Å². The predicted octanol–water partition coefficient (Wildman–Crippen LogP) is 8.41. The maximum Gasteiger partial charge on any atom is 0.226 e. The Hall–Kier alpha value is -2.83. The SMILES string of the molecule is C=C=C(C[C@H](CC1=CC=CC(CC)C(CC)=C1)C(=O)N1CCC(C2CCN(C)CC2)CC1)N1CCC(N(CCC2=C(N)C=CC3CC23)COC)CC1.[HH].[HH].[HH]. The van der Waals surface area contributed by atoms with Crippen LogP contribution in [0.1, 0.15) is 95.2 Å². The second-order valence-corrected chi connectivity index (χ2v) is 16.8. The van der Waals surface area contributed by atoms with Crippen LogP contribution >= 0.6 is 0 Å². The number of hydrogen-bond donors (Lipinski definition) is 1. The highest BCUT2D eigenvalue weighted by atomic mass is 16.5. The first-order chi connectivity index (χ1) is 25.3. The Morgan fingerprint density at radius 2 is 1.73 bits per heavy atom. The van der Waals surface area contributed by atoms with Gasteiger partial charge in [0.25, 0.3) is 0 Å². The molecule has 3 saturated heterocycles. The molecule has 4 atom stereocenters. The summed E-state index contributed by atoms with van der Waals surface area (Å²) < 4.78 is 5.71. The van der Waals surface area contributed by atoms with Crippen LogP contribution in [-0.2, 0) is 9.53 Å². The third-order valence-electron chi connectivity index (χ3n) is 13.6. The van der Waals surface area contributed by atoms with E-state index in [2.05, 4.69) is 89.3 Å². The largest absolute Gasteiger partial charge is 0.399 e. The van der Waals surface area contributed by atoms with Gasteiger partial charge in [-0.3, -0.25) is 9.69 Å². The van der Waals surface area contributed by atoms with Gasteiger partial charge in [0.15, 0.2) is 0 Å². The fourth-order valence-corrected chi connectivity index (χ4v) is 10.1. The molecule has 0 radical (unpaired) electrons. The highest BCUT2D eigenvalue weighted by Gasteiger charge is 2.41. The number of likely N-dealkylation sites (tertiary alicyclic amines) is 3. The average molecular weight is 718 g/mol. The van der Waals surface area contributed by atoms with Crippen LogP contribution in [-0.4, -0.2) is 98.3 Å². The van der Waals surface area contributed by atoms with Gasteiger partial charge in [-0.05, 0) is 138 Å². The van der Waals surface area contributed by atoms with Gasteiger partial charge < -0.3 is 25.2 Å². The van der Waals surface area contributed by atoms with Crippen molar-refractivity contribution in [2.45, 2.75) is 96.9 Å². The average Bonchev–Trinajstić information content (AvgIpc) is 3.99. The topological polar surface area (TPSA) is 65.3 Å². The van der Waals surface area contributed by atoms with Crippen LogP contribution < -0.4 is 5.73 Å². The number of nitrogens with two attached hydrogens (primary N) is 1. The van der Waals surface area contributed by atoms with E-state index in [1.54, 1.807) is 0 Å². The van der Waals surface area contributed by atoms with Crippen LogP contribution in [0.4, 0.5) is 0 Å². The quantitative estimate of drug-likeness (QED) is 0.136. The van der Waals surface area contributed by atoms with Crippen molar-refractivity contribution in [2.24, 2.45) is 41.2 Å². The minimum atomic E-state index is -0.117. The summed E-state index contributed by atoms with van der Waals surface area (Å²) in [6.45, 7) is 16.5. The molecule has 7 nitrogen and oxygen atoms in total. The molecule has 3 unspecified atom stereocenters. The number of carbonyl (C=O) groups excluding carboxylic acids is 1. The van der Waals surface area contributed by atoms with Crippen LogP contribution in [0.15, 0.2) is 76.9 Å². The first-order valence-corrected chi connectivity index (χ1v) is 20.9. The molecule has 0 aromatic carbocycles. The first kappa shape index (κ1) is 38.9. The van der Waals surface area contributed by atoms with Gasteiger partial charge in [-0.1, -0.05) is 56.4 Å². The molecule has 3 aliphatic heterocycles. The summed E-state index contributed by atoms with van der Waals surface area (Å²) in [4.78, 5) is 24.3. The molecule has 6 rings (SSSR count). The van der Waals surface area contributed by atoms with Gasteiger partial charge in [0.2, 0.25) is 5.91 Å². The summed E-state index contributed by atoms with van der Waals surface area (Å²) >= 11 is 0. The number of rotatable bonds is 15. The number of hydrogen-bond acceptors (Lipinski definition) is 6. The molecule has 7 heteroatoms. The summed E-state index contributed by atoms with van der Waals surface area (Å²) in [5.41, 5.74) is 16.1. The fourth-order valence-electron chi connectivity index (χ4n) is 10.1. The maximum atomic E-state index is 14.6. The van der Waals surface area contributed by atoms with E-state index in [0.29, 0.717) is 42.9 Å². The third kappa shape index (κ3) is 9.63. The van der Waals surface area contributed by atoms with Crippen molar-refractivity contribution in [3.8, 4) is 0 Å². The third-order valence-corrected chi connectivity index (χ3v) is 13.6. The normalized spacial score (nSPS) is 26.9. The number of ether oxygens (including phenoxy) is 1. The molecular weight excluding hydrogens is 643 g/mol. The second kappa shape index (κ2) is 18.5. The van der Waals surface area contributed by atoms with Crippen molar-refractivity contribution in [3.05, 3.63) is 76.9 Å². The standard InChI is InChI=1S/C45H69N5O2.3H2/c1-6-34-11-9-10-33(28-35(34)7-2)29-39(45(51)49-23-16-37(17-24-49)36-14-21-47(4)22-15-36)30-40(8-3)48-25-18-41(19-26-48)50(32-52-5)27-20-42-43-31-38(43)12-13-44(42)46;;;/h9-13,28,34,36-39,41,43H,3,6-7,14-27,29-32,46H2,1-2,4-5H3;3*1H/t34?,38?,39-,43?;;;/m0.../s1. The lowest BCUT2D eigenvalue weighted by molar-refractivity contribution is -0.137. The van der Waals surface area contributed by atoms with Crippen molar-refractivity contribution in [1.29, 1.82) is 0 Å². The molecule has 3 heterocycles. The van der Waals surface area contributed by atoms with Crippen LogP contribution in [0.25, 0.3) is 0 Å². The van der Waals surface area contributed by atoms with E-state index in [-0.39, 0.29) is 10.2 Å². The zero-order valence-electron chi connectivity index (χ0n) is 33.0. The highest BCUT2D eigenvalue weighted by molar-refractivity contribution is 5.79. The molecule has 2 N–H and O–H groups in total. The van der Waals surface area contributed by atoms with Crippen LogP contribution in [0.5, 0.6) is 0 Å². The van der Waals surface area contributed by atoms with E-state index in [0.717, 1.165) is 107 Å². The van der Waals surface area contributed by atoms with Gasteiger partial charge in [-0.2, -0.15) is 0 Å². The number of fused-ring (bicyclic) bond motifs is 1. The number of amides is 1. The Labute approximate surface area is 320 Å². The van der Waals surface area contributed by atoms with E-state index in [9.17, 15) is 4.79 Å². The Morgan fingerprint density at radius 3 is 2.38 bits per heavy atom. The minimum absolute atomic E-state index is 0. The summed E-state index contributed by atoms with van der Waals surface area (Å²) in [6.07, 6.45) is 26.6. The summed E-state index contributed by atoms with van der Waals surface area (Å²) in [5, 5.41) is 0. The highest BCUT2D eigenvalue weighted by Crippen LogP contribution is 2.49. The molecule has 0 bridgehead atoms. The zero-order chi connectivity index (χ0) is 36.6. The van der Waals surface area contributed by atoms with Crippen molar-refractivity contribution in [3.63, 3.8) is 0 Å². The molecule has 1 amide bonds. The number of methoxy groups -OCH3 is 1.